The molecule has 0 aliphatic rings. The molecule has 0 aliphatic carbocycles. The van der Waals surface area contributed by atoms with Crippen molar-refractivity contribution >= 4 is 29.2 Å². The number of benzene rings is 1. The molecule has 0 amide bonds. The van der Waals surface area contributed by atoms with Crippen LogP contribution in [0.1, 0.15) is 37.1 Å². The molecule has 0 aliphatic heterocycles. The smallest absolute Gasteiger partial charge is 0.308 e. The second-order valence-electron chi connectivity index (χ2n) is 7.52. The molecule has 0 unspecified atom stereocenters. The Balaban J connectivity index is 1.67. The number of hydrogen-bond donors (Lipinski definition) is 1. The van der Waals surface area contributed by atoms with Crippen LogP contribution in [0, 0.1) is 0 Å². The van der Waals surface area contributed by atoms with Gasteiger partial charge in [0.05, 0.1) is 25.7 Å². The Labute approximate surface area is 196 Å². The molecule has 0 spiro atoms. The molecule has 7 nitrogen and oxygen atoms in total. The van der Waals surface area contributed by atoms with Crippen molar-refractivity contribution in [1.29, 1.82) is 0 Å². The molecule has 0 radical (unpaired) electrons. The monoisotopic (exact) mass is 477 g/mol. The summed E-state index contributed by atoms with van der Waals surface area (Å²) < 4.78 is 13.4. The Hall–Kier alpha value is -2.77. The first-order chi connectivity index (χ1) is 15.3. The summed E-state index contributed by atoms with van der Waals surface area (Å²) >= 11 is 12.4. The molecule has 0 atom stereocenters. The molecule has 0 fully saturated rings. The number of pyridine rings is 1. The van der Waals surface area contributed by atoms with Gasteiger partial charge in [-0.15, -0.1) is 5.10 Å². The number of ether oxygens (including phenoxy) is 2. The summed E-state index contributed by atoms with van der Waals surface area (Å²) in [6.45, 7) is 4.77. The topological polar surface area (TPSA) is 86.5 Å². The van der Waals surface area contributed by atoms with Crippen LogP contribution in [-0.4, -0.2) is 38.6 Å². The lowest BCUT2D eigenvalue weighted by Gasteiger charge is -2.11. The lowest BCUT2D eigenvalue weighted by molar-refractivity contribution is -0.136. The van der Waals surface area contributed by atoms with Crippen molar-refractivity contribution < 1.29 is 19.4 Å². The van der Waals surface area contributed by atoms with Gasteiger partial charge in [-0.3, -0.25) is 9.48 Å². The molecule has 3 aromatic rings. The minimum absolute atomic E-state index is 0.00506. The van der Waals surface area contributed by atoms with Crippen LogP contribution >= 0.6 is 23.2 Å². The average Bonchev–Trinajstić information content (AvgIpc) is 3.08. The normalized spacial score (nSPS) is 11.0. The summed E-state index contributed by atoms with van der Waals surface area (Å²) in [5.74, 6) is -0.0278. The molecular formula is C23H25Cl2N3O4. The fourth-order valence-corrected chi connectivity index (χ4v) is 3.62. The molecule has 9 heteroatoms. The van der Waals surface area contributed by atoms with Gasteiger partial charge in [0.25, 0.3) is 0 Å². The van der Waals surface area contributed by atoms with E-state index in [2.05, 4.69) is 10.1 Å². The van der Waals surface area contributed by atoms with Gasteiger partial charge in [-0.2, -0.15) is 0 Å². The maximum absolute atomic E-state index is 11.0. The Bertz CT molecular complexity index is 1070. The van der Waals surface area contributed by atoms with Crippen LogP contribution in [0.25, 0.3) is 0 Å². The van der Waals surface area contributed by atoms with Crippen LogP contribution in [0.15, 0.2) is 42.6 Å². The molecule has 32 heavy (non-hydrogen) atoms. The summed E-state index contributed by atoms with van der Waals surface area (Å²) in [6, 6.07) is 10.7. The Morgan fingerprint density at radius 1 is 1.19 bits per heavy atom. The van der Waals surface area contributed by atoms with Crippen LogP contribution in [0.4, 0.5) is 0 Å². The van der Waals surface area contributed by atoms with E-state index in [1.807, 2.05) is 30.7 Å². The standard InChI is InChI=1S/C23H25Cl2N3O4/c1-15(2)32-21-13-19(28(27-21)14-17-7-8-18(24)12-20(17)25)6-4-10-31-23-16(11-22(29)30)5-3-9-26-23/h3,5,7-9,12-13,15H,4,6,10-11,14H2,1-2H3,(H,29,30). The highest BCUT2D eigenvalue weighted by molar-refractivity contribution is 6.35. The second-order valence-corrected chi connectivity index (χ2v) is 8.37. The lowest BCUT2D eigenvalue weighted by Crippen LogP contribution is -2.10. The van der Waals surface area contributed by atoms with Crippen molar-refractivity contribution in [3.8, 4) is 11.8 Å². The minimum Gasteiger partial charge on any atom is -0.481 e. The van der Waals surface area contributed by atoms with Gasteiger partial charge < -0.3 is 14.6 Å². The van der Waals surface area contributed by atoms with Crippen LogP contribution in [-0.2, 0) is 24.2 Å². The van der Waals surface area contributed by atoms with E-state index in [4.69, 9.17) is 37.8 Å². The molecular weight excluding hydrogens is 453 g/mol. The highest BCUT2D eigenvalue weighted by Gasteiger charge is 2.13. The van der Waals surface area contributed by atoms with E-state index >= 15 is 0 Å². The molecule has 2 aromatic heterocycles. The van der Waals surface area contributed by atoms with Crippen molar-refractivity contribution in [3.05, 3.63) is 69.5 Å². The van der Waals surface area contributed by atoms with Crippen molar-refractivity contribution in [1.82, 2.24) is 14.8 Å². The molecule has 0 saturated heterocycles. The summed E-state index contributed by atoms with van der Waals surface area (Å²) in [7, 11) is 0. The van der Waals surface area contributed by atoms with E-state index < -0.39 is 5.97 Å². The number of hydrogen-bond acceptors (Lipinski definition) is 5. The predicted octanol–water partition coefficient (Wildman–Crippen LogP) is 5.06. The van der Waals surface area contributed by atoms with Gasteiger partial charge in [0, 0.05) is 33.6 Å². The molecule has 1 aromatic carbocycles. The second kappa shape index (κ2) is 11.2. The summed E-state index contributed by atoms with van der Waals surface area (Å²) in [5, 5.41) is 14.8. The van der Waals surface area contributed by atoms with Gasteiger partial charge >= 0.3 is 5.97 Å². The number of carbonyl (C=O) groups is 1. The largest absolute Gasteiger partial charge is 0.481 e. The molecule has 0 saturated carbocycles. The van der Waals surface area contributed by atoms with E-state index in [0.717, 1.165) is 11.3 Å². The SMILES string of the molecule is CC(C)Oc1cc(CCCOc2ncccc2CC(=O)O)n(Cc2ccc(Cl)cc2Cl)n1. The molecule has 170 valence electrons. The quantitative estimate of drug-likeness (QED) is 0.388. The van der Waals surface area contributed by atoms with Gasteiger partial charge in [-0.05, 0) is 50.5 Å². The summed E-state index contributed by atoms with van der Waals surface area (Å²) in [4.78, 5) is 15.2. The van der Waals surface area contributed by atoms with Crippen molar-refractivity contribution in [2.24, 2.45) is 0 Å². The predicted molar refractivity (Wildman–Crippen MR) is 123 cm³/mol. The number of nitrogens with zero attached hydrogens (tertiary/aromatic N) is 3. The number of halogens is 2. The molecule has 0 bridgehead atoms. The highest BCUT2D eigenvalue weighted by Crippen LogP contribution is 2.24. The third-order valence-electron chi connectivity index (χ3n) is 4.54. The minimum atomic E-state index is -0.926. The number of aryl methyl sites for hydroxylation is 1. The Morgan fingerprint density at radius 3 is 2.72 bits per heavy atom. The number of rotatable bonds is 11. The highest BCUT2D eigenvalue weighted by atomic mass is 35.5. The molecule has 1 N–H and O–H groups in total. The maximum Gasteiger partial charge on any atom is 0.308 e. The fraction of sp³-hybridized carbons (Fsp3) is 0.348. The third kappa shape index (κ3) is 6.87. The van der Waals surface area contributed by atoms with Gasteiger partial charge in [-0.1, -0.05) is 35.3 Å². The zero-order chi connectivity index (χ0) is 23.1. The van der Waals surface area contributed by atoms with Gasteiger partial charge in [-0.25, -0.2) is 4.98 Å². The van der Waals surface area contributed by atoms with Gasteiger partial charge in [0.1, 0.15) is 0 Å². The van der Waals surface area contributed by atoms with Crippen LogP contribution in [0.2, 0.25) is 10.0 Å². The number of aliphatic carboxylic acids is 1. The average molecular weight is 478 g/mol. The number of aromatic nitrogens is 3. The molecule has 3 rings (SSSR count). The number of carboxylic acid groups (broad SMARTS) is 1. The third-order valence-corrected chi connectivity index (χ3v) is 5.13. The first-order valence-electron chi connectivity index (χ1n) is 10.3. The summed E-state index contributed by atoms with van der Waals surface area (Å²) in [6.07, 6.45) is 2.82. The van der Waals surface area contributed by atoms with Crippen molar-refractivity contribution in [3.63, 3.8) is 0 Å². The lowest BCUT2D eigenvalue weighted by atomic mass is 10.2. The van der Waals surface area contributed by atoms with Gasteiger partial charge in [0.15, 0.2) is 0 Å². The van der Waals surface area contributed by atoms with E-state index in [1.54, 1.807) is 30.5 Å². The molecule has 2 heterocycles. The van der Waals surface area contributed by atoms with E-state index in [-0.39, 0.29) is 12.5 Å². The van der Waals surface area contributed by atoms with Crippen LogP contribution < -0.4 is 9.47 Å². The zero-order valence-electron chi connectivity index (χ0n) is 17.9. The first kappa shape index (κ1) is 23.9. The summed E-state index contributed by atoms with van der Waals surface area (Å²) in [5.41, 5.74) is 2.43. The van der Waals surface area contributed by atoms with E-state index in [0.29, 0.717) is 53.4 Å². The van der Waals surface area contributed by atoms with E-state index in [9.17, 15) is 4.79 Å². The van der Waals surface area contributed by atoms with Crippen LogP contribution in [0.5, 0.6) is 11.8 Å². The van der Waals surface area contributed by atoms with Crippen LogP contribution in [0.3, 0.4) is 0 Å². The van der Waals surface area contributed by atoms with Crippen molar-refractivity contribution in [2.75, 3.05) is 6.61 Å². The number of carboxylic acids is 1. The zero-order valence-corrected chi connectivity index (χ0v) is 19.4. The van der Waals surface area contributed by atoms with E-state index in [1.165, 1.54) is 0 Å². The Morgan fingerprint density at radius 2 is 2.00 bits per heavy atom. The first-order valence-corrected chi connectivity index (χ1v) is 11.0. The van der Waals surface area contributed by atoms with Crippen molar-refractivity contribution in [2.45, 2.75) is 45.8 Å². The Kier molecular flexibility index (Phi) is 8.36. The maximum atomic E-state index is 11.0. The fourth-order valence-electron chi connectivity index (χ4n) is 3.15. The van der Waals surface area contributed by atoms with Gasteiger partial charge in [0.2, 0.25) is 11.8 Å².